The number of amides is 1. The number of imidazole rings is 1. The van der Waals surface area contributed by atoms with Crippen LogP contribution in [0.3, 0.4) is 0 Å². The first-order valence-corrected chi connectivity index (χ1v) is 9.04. The second-order valence-electron chi connectivity index (χ2n) is 6.97. The van der Waals surface area contributed by atoms with Gasteiger partial charge in [0.25, 0.3) is 5.91 Å². The van der Waals surface area contributed by atoms with Crippen LogP contribution >= 0.6 is 0 Å². The Morgan fingerprint density at radius 2 is 2.19 bits per heavy atom. The molecule has 0 radical (unpaired) electrons. The molecule has 3 heterocycles. The smallest absolute Gasteiger partial charge is 0.270 e. The maximum absolute atomic E-state index is 12.6. The Kier molecular flexibility index (Phi) is 4.67. The maximum atomic E-state index is 12.6. The Morgan fingerprint density at radius 3 is 3.04 bits per heavy atom. The second kappa shape index (κ2) is 7.25. The number of aromatic amines is 1. The predicted octanol–water partition coefficient (Wildman–Crippen LogP) is 2.52. The number of fused-ring (bicyclic) bond motifs is 1. The molecule has 0 spiro atoms. The van der Waals surface area contributed by atoms with E-state index in [0.717, 1.165) is 48.3 Å². The average Bonchev–Trinajstić information content (AvgIpc) is 3.28. The Labute approximate surface area is 152 Å². The molecule has 6 heteroatoms. The van der Waals surface area contributed by atoms with Crippen LogP contribution in [-0.2, 0) is 6.54 Å². The van der Waals surface area contributed by atoms with Crippen molar-refractivity contribution in [2.75, 3.05) is 19.6 Å². The Morgan fingerprint density at radius 1 is 1.31 bits per heavy atom. The lowest BCUT2D eigenvalue weighted by molar-refractivity contribution is 0.0944. The van der Waals surface area contributed by atoms with Gasteiger partial charge in [0.2, 0.25) is 0 Å². The number of hydrogen-bond acceptors (Lipinski definition) is 4. The summed E-state index contributed by atoms with van der Waals surface area (Å²) < 4.78 is 0. The number of pyridine rings is 1. The van der Waals surface area contributed by atoms with E-state index in [1.807, 2.05) is 43.5 Å². The molecular weight excluding hydrogens is 326 g/mol. The molecule has 0 aliphatic carbocycles. The first-order chi connectivity index (χ1) is 12.7. The number of carbonyl (C=O) groups excluding carboxylic acids is 1. The summed E-state index contributed by atoms with van der Waals surface area (Å²) in [6.07, 6.45) is 4.69. The van der Waals surface area contributed by atoms with Gasteiger partial charge < -0.3 is 10.3 Å². The van der Waals surface area contributed by atoms with E-state index in [0.29, 0.717) is 18.2 Å². The molecular formula is C20H23N5O. The van der Waals surface area contributed by atoms with Crippen LogP contribution < -0.4 is 5.32 Å². The normalized spacial score (nSPS) is 17.7. The molecule has 0 bridgehead atoms. The molecule has 3 aromatic rings. The van der Waals surface area contributed by atoms with Crippen LogP contribution in [0.15, 0.2) is 42.7 Å². The summed E-state index contributed by atoms with van der Waals surface area (Å²) in [6, 6.07) is 9.78. The van der Waals surface area contributed by atoms with Gasteiger partial charge in [-0.2, -0.15) is 0 Å². The highest BCUT2D eigenvalue weighted by molar-refractivity contribution is 6.05. The van der Waals surface area contributed by atoms with Crippen molar-refractivity contribution in [2.24, 2.45) is 5.92 Å². The number of benzene rings is 1. The lowest BCUT2D eigenvalue weighted by atomic mass is 10.1. The first-order valence-electron chi connectivity index (χ1n) is 9.04. The lowest BCUT2D eigenvalue weighted by Gasteiger charge is -2.15. The van der Waals surface area contributed by atoms with Crippen molar-refractivity contribution >= 4 is 16.7 Å². The van der Waals surface area contributed by atoms with Crippen molar-refractivity contribution in [2.45, 2.75) is 19.9 Å². The summed E-state index contributed by atoms with van der Waals surface area (Å²) >= 11 is 0. The number of rotatable bonds is 5. The van der Waals surface area contributed by atoms with Crippen LogP contribution in [0, 0.1) is 12.8 Å². The summed E-state index contributed by atoms with van der Waals surface area (Å²) in [4.78, 5) is 26.8. The third-order valence-electron chi connectivity index (χ3n) is 4.96. The molecule has 1 atom stereocenters. The zero-order valence-electron chi connectivity index (χ0n) is 14.9. The molecule has 2 aromatic heterocycles. The third-order valence-corrected chi connectivity index (χ3v) is 4.96. The van der Waals surface area contributed by atoms with Crippen LogP contribution in [-0.4, -0.2) is 45.4 Å². The molecule has 1 aliphatic rings. The van der Waals surface area contributed by atoms with Gasteiger partial charge in [-0.15, -0.1) is 0 Å². The Bertz CT molecular complexity index is 914. The monoisotopic (exact) mass is 349 g/mol. The predicted molar refractivity (Wildman–Crippen MR) is 101 cm³/mol. The minimum absolute atomic E-state index is 0.0931. The topological polar surface area (TPSA) is 73.9 Å². The average molecular weight is 349 g/mol. The fraction of sp³-hybridized carbons (Fsp3) is 0.350. The number of aryl methyl sites for hydroxylation is 1. The number of likely N-dealkylation sites (tertiary alicyclic amines) is 1. The molecule has 0 saturated carbocycles. The SMILES string of the molecule is Cc1ncc(CN2CC[C@H](CNC(=O)c3nccc4ccccc34)C2)[nH]1. The first kappa shape index (κ1) is 16.7. The van der Waals surface area contributed by atoms with Gasteiger partial charge in [-0.05, 0) is 37.3 Å². The molecule has 1 fully saturated rings. The van der Waals surface area contributed by atoms with Gasteiger partial charge in [-0.1, -0.05) is 24.3 Å². The zero-order chi connectivity index (χ0) is 17.9. The highest BCUT2D eigenvalue weighted by atomic mass is 16.1. The van der Waals surface area contributed by atoms with Crippen LogP contribution in [0.4, 0.5) is 0 Å². The number of nitrogens with one attached hydrogen (secondary N) is 2. The number of carbonyl (C=O) groups is 1. The van der Waals surface area contributed by atoms with Crippen molar-refractivity contribution in [3.05, 3.63) is 59.9 Å². The fourth-order valence-electron chi connectivity index (χ4n) is 3.64. The zero-order valence-corrected chi connectivity index (χ0v) is 14.9. The van der Waals surface area contributed by atoms with E-state index in [1.54, 1.807) is 6.20 Å². The van der Waals surface area contributed by atoms with Crippen LogP contribution in [0.1, 0.15) is 28.4 Å². The summed E-state index contributed by atoms with van der Waals surface area (Å²) in [5, 5.41) is 5.01. The van der Waals surface area contributed by atoms with Crippen molar-refractivity contribution < 1.29 is 4.79 Å². The van der Waals surface area contributed by atoms with E-state index < -0.39 is 0 Å². The summed E-state index contributed by atoms with van der Waals surface area (Å²) in [5.41, 5.74) is 1.65. The van der Waals surface area contributed by atoms with Gasteiger partial charge in [-0.3, -0.25) is 14.7 Å². The molecule has 4 rings (SSSR count). The summed E-state index contributed by atoms with van der Waals surface area (Å²) in [6.45, 7) is 5.57. The maximum Gasteiger partial charge on any atom is 0.270 e. The molecule has 0 unspecified atom stereocenters. The molecule has 134 valence electrons. The molecule has 2 N–H and O–H groups in total. The van der Waals surface area contributed by atoms with Crippen LogP contribution in [0.25, 0.3) is 10.8 Å². The van der Waals surface area contributed by atoms with Crippen LogP contribution in [0.2, 0.25) is 0 Å². The minimum Gasteiger partial charge on any atom is -0.350 e. The fourth-order valence-corrected chi connectivity index (χ4v) is 3.64. The van der Waals surface area contributed by atoms with E-state index in [-0.39, 0.29) is 5.91 Å². The van der Waals surface area contributed by atoms with Gasteiger partial charge >= 0.3 is 0 Å². The quantitative estimate of drug-likeness (QED) is 0.742. The molecule has 1 saturated heterocycles. The van der Waals surface area contributed by atoms with E-state index in [9.17, 15) is 4.79 Å². The van der Waals surface area contributed by atoms with Gasteiger partial charge in [0, 0.05) is 43.1 Å². The van der Waals surface area contributed by atoms with E-state index >= 15 is 0 Å². The number of aromatic nitrogens is 3. The van der Waals surface area contributed by atoms with E-state index in [4.69, 9.17) is 0 Å². The van der Waals surface area contributed by atoms with Gasteiger partial charge in [0.05, 0.1) is 0 Å². The Balaban J connectivity index is 1.33. The highest BCUT2D eigenvalue weighted by Gasteiger charge is 2.23. The van der Waals surface area contributed by atoms with Gasteiger partial charge in [0.1, 0.15) is 11.5 Å². The number of hydrogen-bond donors (Lipinski definition) is 2. The highest BCUT2D eigenvalue weighted by Crippen LogP contribution is 2.19. The molecule has 1 aliphatic heterocycles. The van der Waals surface area contributed by atoms with Crippen LogP contribution in [0.5, 0.6) is 0 Å². The van der Waals surface area contributed by atoms with Crippen molar-refractivity contribution in [3.63, 3.8) is 0 Å². The van der Waals surface area contributed by atoms with E-state index in [1.165, 1.54) is 0 Å². The standard InChI is InChI=1S/C20H23N5O/c1-14-22-11-17(24-14)13-25-9-7-15(12-25)10-23-20(26)19-18-5-3-2-4-16(18)6-8-21-19/h2-6,8,11,15H,7,9-10,12-13H2,1H3,(H,22,24)(H,23,26)/t15-/m1/s1. The van der Waals surface area contributed by atoms with E-state index in [2.05, 4.69) is 25.2 Å². The minimum atomic E-state index is -0.0931. The molecule has 1 amide bonds. The van der Waals surface area contributed by atoms with Crippen molar-refractivity contribution in [1.82, 2.24) is 25.2 Å². The molecule has 1 aromatic carbocycles. The molecule has 26 heavy (non-hydrogen) atoms. The second-order valence-corrected chi connectivity index (χ2v) is 6.97. The van der Waals surface area contributed by atoms with Crippen molar-refractivity contribution in [1.29, 1.82) is 0 Å². The number of H-pyrrole nitrogens is 1. The summed E-state index contributed by atoms with van der Waals surface area (Å²) in [7, 11) is 0. The summed E-state index contributed by atoms with van der Waals surface area (Å²) in [5.74, 6) is 1.33. The third kappa shape index (κ3) is 3.60. The largest absolute Gasteiger partial charge is 0.350 e. The molecule has 6 nitrogen and oxygen atoms in total. The lowest BCUT2D eigenvalue weighted by Crippen LogP contribution is -2.31. The Hall–Kier alpha value is -2.73. The van der Waals surface area contributed by atoms with Gasteiger partial charge in [0.15, 0.2) is 0 Å². The van der Waals surface area contributed by atoms with Gasteiger partial charge in [-0.25, -0.2) is 4.98 Å². The van der Waals surface area contributed by atoms with Crippen molar-refractivity contribution in [3.8, 4) is 0 Å². The number of nitrogens with zero attached hydrogens (tertiary/aromatic N) is 3.